The number of aromatic nitrogens is 3. The number of halogens is 2. The van der Waals surface area contributed by atoms with Crippen LogP contribution in [-0.4, -0.2) is 25.9 Å². The molecule has 2 aromatic carbocycles. The van der Waals surface area contributed by atoms with Crippen molar-refractivity contribution in [2.45, 2.75) is 17.3 Å². The molecular formula is C18H16F2N4OS. The summed E-state index contributed by atoms with van der Waals surface area (Å²) in [5.74, 6) is -1.24. The van der Waals surface area contributed by atoms with E-state index in [1.807, 2.05) is 37.4 Å². The fourth-order valence-corrected chi connectivity index (χ4v) is 3.11. The van der Waals surface area contributed by atoms with Gasteiger partial charge in [0.25, 0.3) is 0 Å². The van der Waals surface area contributed by atoms with Crippen LogP contribution in [0.15, 0.2) is 53.7 Å². The summed E-state index contributed by atoms with van der Waals surface area (Å²) >= 11 is 1.20. The molecule has 0 bridgehead atoms. The van der Waals surface area contributed by atoms with Crippen LogP contribution >= 0.6 is 11.8 Å². The maximum atomic E-state index is 13.7. The number of amides is 1. The molecule has 1 heterocycles. The zero-order valence-electron chi connectivity index (χ0n) is 14.1. The minimum atomic E-state index is -0.819. The van der Waals surface area contributed by atoms with Crippen LogP contribution in [0.5, 0.6) is 0 Å². The Labute approximate surface area is 153 Å². The SMILES string of the molecule is C[C@H](Sc1nnc(-c2ccccc2)n1C)C(=O)Nc1ccc(F)cc1F. The number of anilines is 1. The Bertz CT molecular complexity index is 930. The van der Waals surface area contributed by atoms with Crippen molar-refractivity contribution in [2.24, 2.45) is 7.05 Å². The molecule has 1 aromatic heterocycles. The second kappa shape index (κ2) is 7.65. The van der Waals surface area contributed by atoms with Crippen LogP contribution < -0.4 is 5.32 Å². The largest absolute Gasteiger partial charge is 0.323 e. The third-order valence-electron chi connectivity index (χ3n) is 3.71. The predicted molar refractivity (Wildman–Crippen MR) is 96.7 cm³/mol. The molecule has 0 unspecified atom stereocenters. The van der Waals surface area contributed by atoms with Gasteiger partial charge in [-0.2, -0.15) is 0 Å². The second-order valence-corrected chi connectivity index (χ2v) is 6.91. The zero-order valence-corrected chi connectivity index (χ0v) is 14.9. The van der Waals surface area contributed by atoms with Crippen LogP contribution in [-0.2, 0) is 11.8 Å². The van der Waals surface area contributed by atoms with Crippen molar-refractivity contribution in [1.82, 2.24) is 14.8 Å². The van der Waals surface area contributed by atoms with Crippen LogP contribution in [0.2, 0.25) is 0 Å². The normalized spacial score (nSPS) is 12.0. The summed E-state index contributed by atoms with van der Waals surface area (Å²) < 4.78 is 28.4. The molecule has 0 aliphatic rings. The lowest BCUT2D eigenvalue weighted by molar-refractivity contribution is -0.115. The van der Waals surface area contributed by atoms with E-state index >= 15 is 0 Å². The lowest BCUT2D eigenvalue weighted by Crippen LogP contribution is -2.23. The molecule has 0 saturated heterocycles. The van der Waals surface area contributed by atoms with Crippen molar-refractivity contribution >= 4 is 23.4 Å². The number of nitrogens with one attached hydrogen (secondary N) is 1. The van der Waals surface area contributed by atoms with E-state index in [0.717, 1.165) is 17.7 Å². The lowest BCUT2D eigenvalue weighted by atomic mass is 10.2. The van der Waals surface area contributed by atoms with E-state index in [4.69, 9.17) is 0 Å². The number of nitrogens with zero attached hydrogens (tertiary/aromatic N) is 3. The number of thioether (sulfide) groups is 1. The summed E-state index contributed by atoms with van der Waals surface area (Å²) in [6.07, 6.45) is 0. The van der Waals surface area contributed by atoms with Crippen molar-refractivity contribution in [3.8, 4) is 11.4 Å². The Kier molecular flexibility index (Phi) is 5.32. The van der Waals surface area contributed by atoms with Crippen LogP contribution in [0.4, 0.5) is 14.5 Å². The monoisotopic (exact) mass is 374 g/mol. The Morgan fingerprint density at radius 1 is 1.15 bits per heavy atom. The second-order valence-electron chi connectivity index (χ2n) is 5.60. The van der Waals surface area contributed by atoms with Gasteiger partial charge in [-0.25, -0.2) is 8.78 Å². The number of carbonyl (C=O) groups is 1. The Hall–Kier alpha value is -2.74. The van der Waals surface area contributed by atoms with Gasteiger partial charge in [-0.1, -0.05) is 42.1 Å². The average molecular weight is 374 g/mol. The first-order chi connectivity index (χ1) is 12.5. The molecule has 1 amide bonds. The molecule has 0 radical (unpaired) electrons. The van der Waals surface area contributed by atoms with E-state index in [9.17, 15) is 13.6 Å². The van der Waals surface area contributed by atoms with Crippen LogP contribution in [0.25, 0.3) is 11.4 Å². The molecule has 0 spiro atoms. The van der Waals surface area contributed by atoms with E-state index < -0.39 is 22.8 Å². The Morgan fingerprint density at radius 2 is 1.88 bits per heavy atom. The summed E-state index contributed by atoms with van der Waals surface area (Å²) in [5.41, 5.74) is 0.853. The van der Waals surface area contributed by atoms with Crippen LogP contribution in [0.3, 0.4) is 0 Å². The average Bonchev–Trinajstić information content (AvgIpc) is 2.98. The molecule has 0 aliphatic carbocycles. The molecular weight excluding hydrogens is 358 g/mol. The van der Waals surface area contributed by atoms with Crippen LogP contribution in [0, 0.1) is 11.6 Å². The summed E-state index contributed by atoms with van der Waals surface area (Å²) in [5, 5.41) is 10.8. The van der Waals surface area contributed by atoms with Gasteiger partial charge in [0.1, 0.15) is 11.6 Å². The fourth-order valence-electron chi connectivity index (χ4n) is 2.29. The molecule has 3 rings (SSSR count). The third kappa shape index (κ3) is 3.91. The minimum Gasteiger partial charge on any atom is -0.323 e. The molecule has 0 fully saturated rings. The molecule has 8 heteroatoms. The minimum absolute atomic E-state index is 0.0632. The summed E-state index contributed by atoms with van der Waals surface area (Å²) in [6, 6.07) is 12.6. The molecule has 1 N–H and O–H groups in total. The maximum absolute atomic E-state index is 13.7. The molecule has 26 heavy (non-hydrogen) atoms. The highest BCUT2D eigenvalue weighted by atomic mass is 32.2. The first-order valence-electron chi connectivity index (χ1n) is 7.83. The summed E-state index contributed by atoms with van der Waals surface area (Å²) in [6.45, 7) is 1.68. The van der Waals surface area contributed by atoms with E-state index in [-0.39, 0.29) is 5.69 Å². The smallest absolute Gasteiger partial charge is 0.237 e. The molecule has 3 aromatic rings. The number of hydrogen-bond acceptors (Lipinski definition) is 4. The van der Waals surface area contributed by atoms with Gasteiger partial charge in [0.2, 0.25) is 5.91 Å². The van der Waals surface area contributed by atoms with E-state index in [1.165, 1.54) is 17.8 Å². The van der Waals surface area contributed by atoms with Gasteiger partial charge in [0, 0.05) is 18.7 Å². The molecule has 0 saturated carbocycles. The van der Waals surface area contributed by atoms with E-state index in [0.29, 0.717) is 11.0 Å². The molecule has 0 aliphatic heterocycles. The maximum Gasteiger partial charge on any atom is 0.237 e. The van der Waals surface area contributed by atoms with Gasteiger partial charge in [-0.05, 0) is 19.1 Å². The van der Waals surface area contributed by atoms with Gasteiger partial charge in [0.05, 0.1) is 10.9 Å². The number of carbonyl (C=O) groups excluding carboxylic acids is 1. The van der Waals surface area contributed by atoms with E-state index in [2.05, 4.69) is 15.5 Å². The van der Waals surface area contributed by atoms with Crippen molar-refractivity contribution in [1.29, 1.82) is 0 Å². The standard InChI is InChI=1S/C18H16F2N4OS/c1-11(17(25)21-15-9-8-13(19)10-14(15)20)26-18-23-22-16(24(18)2)12-6-4-3-5-7-12/h3-11H,1-2H3,(H,21,25)/t11-/m0/s1. The Balaban J connectivity index is 1.71. The number of benzene rings is 2. The molecule has 134 valence electrons. The lowest BCUT2D eigenvalue weighted by Gasteiger charge is -2.12. The van der Waals surface area contributed by atoms with Gasteiger partial charge in [0.15, 0.2) is 11.0 Å². The fraction of sp³-hybridized carbons (Fsp3) is 0.167. The quantitative estimate of drug-likeness (QED) is 0.689. The number of hydrogen-bond donors (Lipinski definition) is 1. The van der Waals surface area contributed by atoms with Crippen molar-refractivity contribution < 1.29 is 13.6 Å². The highest BCUT2D eigenvalue weighted by Gasteiger charge is 2.20. The Morgan fingerprint density at radius 3 is 2.58 bits per heavy atom. The topological polar surface area (TPSA) is 59.8 Å². The first kappa shape index (κ1) is 18.1. The van der Waals surface area contributed by atoms with E-state index in [1.54, 1.807) is 11.5 Å². The number of rotatable bonds is 5. The highest BCUT2D eigenvalue weighted by Crippen LogP contribution is 2.26. The van der Waals surface area contributed by atoms with Gasteiger partial charge in [-0.15, -0.1) is 10.2 Å². The van der Waals surface area contributed by atoms with Gasteiger partial charge < -0.3 is 9.88 Å². The zero-order chi connectivity index (χ0) is 18.7. The van der Waals surface area contributed by atoms with Crippen molar-refractivity contribution in [3.05, 3.63) is 60.2 Å². The van der Waals surface area contributed by atoms with Gasteiger partial charge in [-0.3, -0.25) is 4.79 Å². The summed E-state index contributed by atoms with van der Waals surface area (Å²) in [4.78, 5) is 12.3. The molecule has 5 nitrogen and oxygen atoms in total. The van der Waals surface area contributed by atoms with Gasteiger partial charge >= 0.3 is 0 Å². The third-order valence-corrected chi connectivity index (χ3v) is 4.84. The van der Waals surface area contributed by atoms with Crippen molar-refractivity contribution in [3.63, 3.8) is 0 Å². The predicted octanol–water partition coefficient (Wildman–Crippen LogP) is 3.88. The van der Waals surface area contributed by atoms with Crippen molar-refractivity contribution in [2.75, 3.05) is 5.32 Å². The molecule has 1 atom stereocenters. The van der Waals surface area contributed by atoms with Crippen LogP contribution in [0.1, 0.15) is 6.92 Å². The first-order valence-corrected chi connectivity index (χ1v) is 8.71. The summed E-state index contributed by atoms with van der Waals surface area (Å²) in [7, 11) is 1.81. The highest BCUT2D eigenvalue weighted by molar-refractivity contribution is 8.00.